The second kappa shape index (κ2) is 6.72. The van der Waals surface area contributed by atoms with Crippen molar-refractivity contribution >= 4 is 0 Å². The lowest BCUT2D eigenvalue weighted by Gasteiger charge is -2.34. The molecule has 0 aromatic carbocycles. The molecule has 0 bridgehead atoms. The summed E-state index contributed by atoms with van der Waals surface area (Å²) in [6.45, 7) is 5.47. The van der Waals surface area contributed by atoms with Gasteiger partial charge >= 0.3 is 0 Å². The van der Waals surface area contributed by atoms with Gasteiger partial charge in [-0.3, -0.25) is 0 Å². The van der Waals surface area contributed by atoms with Crippen LogP contribution in [0.25, 0.3) is 0 Å². The fraction of sp³-hybridized carbons (Fsp3) is 1.00. The Balaban J connectivity index is 2.22. The lowest BCUT2D eigenvalue weighted by molar-refractivity contribution is 0.150. The Morgan fingerprint density at radius 3 is 2.71 bits per heavy atom. The highest BCUT2D eigenvalue weighted by Crippen LogP contribution is 2.26. The van der Waals surface area contributed by atoms with Gasteiger partial charge < -0.3 is 15.7 Å². The normalized spacial score (nSPS) is 29.3. The van der Waals surface area contributed by atoms with E-state index in [-0.39, 0.29) is 6.61 Å². The fourth-order valence-electron chi connectivity index (χ4n) is 2.80. The quantitative estimate of drug-likeness (QED) is 0.749. The van der Waals surface area contributed by atoms with E-state index in [1.54, 1.807) is 0 Å². The molecule has 1 rings (SSSR count). The summed E-state index contributed by atoms with van der Waals surface area (Å²) in [4.78, 5) is 2.49. The average Bonchev–Trinajstić information content (AvgIpc) is 2.28. The van der Waals surface area contributed by atoms with Gasteiger partial charge in [-0.2, -0.15) is 0 Å². The third-order valence-electron chi connectivity index (χ3n) is 4.15. The number of hydrogen-bond donors (Lipinski definition) is 2. The van der Waals surface area contributed by atoms with E-state index in [9.17, 15) is 0 Å². The van der Waals surface area contributed by atoms with Gasteiger partial charge in [-0.05, 0) is 52.1 Å². The minimum absolute atomic E-state index is 0.0805. The highest BCUT2D eigenvalue weighted by molar-refractivity contribution is 4.80. The third kappa shape index (κ3) is 5.36. The molecule has 0 amide bonds. The second-order valence-corrected chi connectivity index (χ2v) is 6.32. The smallest absolute Gasteiger partial charge is 0.0608 e. The Bertz CT molecular complexity index is 218. The van der Waals surface area contributed by atoms with Crippen molar-refractivity contribution in [1.29, 1.82) is 0 Å². The zero-order chi connectivity index (χ0) is 12.9. The monoisotopic (exact) mass is 242 g/mol. The van der Waals surface area contributed by atoms with Gasteiger partial charge in [-0.1, -0.05) is 19.8 Å². The summed E-state index contributed by atoms with van der Waals surface area (Å²) >= 11 is 0. The molecule has 0 aliphatic heterocycles. The molecule has 1 saturated carbocycles. The Hall–Kier alpha value is -0.120. The van der Waals surface area contributed by atoms with E-state index in [1.807, 2.05) is 6.92 Å². The van der Waals surface area contributed by atoms with Crippen LogP contribution in [0.3, 0.4) is 0 Å². The number of nitrogens with two attached hydrogens (primary N) is 1. The standard InChI is InChI=1S/C14H30N2O/c1-12-6-4-7-13(10-12)16(3)9-5-8-14(2,15)11-17/h12-13,17H,4-11,15H2,1-3H3. The van der Waals surface area contributed by atoms with E-state index < -0.39 is 5.54 Å². The van der Waals surface area contributed by atoms with Gasteiger partial charge in [0.15, 0.2) is 0 Å². The van der Waals surface area contributed by atoms with Crippen LogP contribution < -0.4 is 5.73 Å². The molecule has 17 heavy (non-hydrogen) atoms. The van der Waals surface area contributed by atoms with Crippen LogP contribution in [0.4, 0.5) is 0 Å². The van der Waals surface area contributed by atoms with Gasteiger partial charge in [0.1, 0.15) is 0 Å². The molecular weight excluding hydrogens is 212 g/mol. The first kappa shape index (κ1) is 14.9. The molecular formula is C14H30N2O. The van der Waals surface area contributed by atoms with Gasteiger partial charge in [-0.15, -0.1) is 0 Å². The molecule has 0 saturated heterocycles. The summed E-state index contributed by atoms with van der Waals surface area (Å²) in [5, 5.41) is 9.10. The van der Waals surface area contributed by atoms with Crippen LogP contribution in [0.5, 0.6) is 0 Å². The topological polar surface area (TPSA) is 49.5 Å². The first-order chi connectivity index (χ1) is 7.94. The van der Waals surface area contributed by atoms with E-state index in [1.165, 1.54) is 25.7 Å². The van der Waals surface area contributed by atoms with Crippen molar-refractivity contribution in [2.45, 2.75) is 64.0 Å². The third-order valence-corrected chi connectivity index (χ3v) is 4.15. The van der Waals surface area contributed by atoms with Crippen molar-refractivity contribution in [2.24, 2.45) is 11.7 Å². The maximum Gasteiger partial charge on any atom is 0.0608 e. The van der Waals surface area contributed by atoms with Gasteiger partial charge in [0.2, 0.25) is 0 Å². The molecule has 0 spiro atoms. The van der Waals surface area contributed by atoms with Gasteiger partial charge in [0, 0.05) is 11.6 Å². The lowest BCUT2D eigenvalue weighted by atomic mass is 9.86. The molecule has 3 atom stereocenters. The molecule has 0 radical (unpaired) electrons. The van der Waals surface area contributed by atoms with E-state index in [0.717, 1.165) is 31.3 Å². The highest BCUT2D eigenvalue weighted by Gasteiger charge is 2.23. The highest BCUT2D eigenvalue weighted by atomic mass is 16.3. The molecule has 0 aromatic heterocycles. The average molecular weight is 242 g/mol. The van der Waals surface area contributed by atoms with E-state index in [2.05, 4.69) is 18.9 Å². The predicted molar refractivity (Wildman–Crippen MR) is 73.0 cm³/mol. The predicted octanol–water partition coefficient (Wildman–Crippen LogP) is 1.99. The maximum atomic E-state index is 9.10. The zero-order valence-corrected chi connectivity index (χ0v) is 11.8. The molecule has 3 heteroatoms. The van der Waals surface area contributed by atoms with E-state index in [4.69, 9.17) is 10.8 Å². The van der Waals surface area contributed by atoms with E-state index in [0.29, 0.717) is 0 Å². The van der Waals surface area contributed by atoms with Crippen LogP contribution in [-0.2, 0) is 0 Å². The minimum atomic E-state index is -0.402. The van der Waals surface area contributed by atoms with Crippen molar-refractivity contribution < 1.29 is 5.11 Å². The number of hydrogen-bond acceptors (Lipinski definition) is 3. The molecule has 0 heterocycles. The first-order valence-corrected chi connectivity index (χ1v) is 7.04. The molecule has 3 nitrogen and oxygen atoms in total. The maximum absolute atomic E-state index is 9.10. The molecule has 1 aliphatic rings. The van der Waals surface area contributed by atoms with Crippen LogP contribution in [0.1, 0.15) is 52.4 Å². The second-order valence-electron chi connectivity index (χ2n) is 6.32. The summed E-state index contributed by atoms with van der Waals surface area (Å²) in [7, 11) is 2.23. The van der Waals surface area contributed by atoms with Crippen LogP contribution in [0, 0.1) is 5.92 Å². The minimum Gasteiger partial charge on any atom is -0.394 e. The molecule has 1 aliphatic carbocycles. The van der Waals surface area contributed by atoms with Crippen LogP contribution in [-0.4, -0.2) is 41.8 Å². The van der Waals surface area contributed by atoms with Gasteiger partial charge in [0.05, 0.1) is 6.61 Å². The fourth-order valence-corrected chi connectivity index (χ4v) is 2.80. The Morgan fingerprint density at radius 2 is 2.12 bits per heavy atom. The number of aliphatic hydroxyl groups is 1. The number of rotatable bonds is 6. The summed E-state index contributed by atoms with van der Waals surface area (Å²) in [5.41, 5.74) is 5.53. The largest absolute Gasteiger partial charge is 0.394 e. The van der Waals surface area contributed by atoms with Crippen LogP contribution in [0.15, 0.2) is 0 Å². The summed E-state index contributed by atoms with van der Waals surface area (Å²) in [6, 6.07) is 0.761. The van der Waals surface area contributed by atoms with Crippen molar-refractivity contribution in [3.8, 4) is 0 Å². The Labute approximate surface area is 106 Å². The Kier molecular flexibility index (Phi) is 5.90. The van der Waals surface area contributed by atoms with Gasteiger partial charge in [-0.25, -0.2) is 0 Å². The van der Waals surface area contributed by atoms with Crippen molar-refractivity contribution in [2.75, 3.05) is 20.2 Å². The molecule has 0 aromatic rings. The molecule has 3 unspecified atom stereocenters. The number of aliphatic hydroxyl groups excluding tert-OH is 1. The van der Waals surface area contributed by atoms with Gasteiger partial charge in [0.25, 0.3) is 0 Å². The van der Waals surface area contributed by atoms with Crippen molar-refractivity contribution in [3.63, 3.8) is 0 Å². The van der Waals surface area contributed by atoms with Crippen LogP contribution in [0.2, 0.25) is 0 Å². The molecule has 102 valence electrons. The van der Waals surface area contributed by atoms with Crippen molar-refractivity contribution in [3.05, 3.63) is 0 Å². The summed E-state index contributed by atoms with van der Waals surface area (Å²) < 4.78 is 0. The zero-order valence-electron chi connectivity index (χ0n) is 11.8. The SMILES string of the molecule is CC1CCCC(N(C)CCCC(C)(N)CO)C1. The molecule has 3 N–H and O–H groups in total. The lowest BCUT2D eigenvalue weighted by Crippen LogP contribution is -2.41. The van der Waals surface area contributed by atoms with Crippen LogP contribution >= 0.6 is 0 Å². The van der Waals surface area contributed by atoms with E-state index >= 15 is 0 Å². The summed E-state index contributed by atoms with van der Waals surface area (Å²) in [6.07, 6.45) is 7.44. The molecule has 1 fully saturated rings. The number of nitrogens with zero attached hydrogens (tertiary/aromatic N) is 1. The Morgan fingerprint density at radius 1 is 1.41 bits per heavy atom. The first-order valence-electron chi connectivity index (χ1n) is 7.04. The van der Waals surface area contributed by atoms with Crippen molar-refractivity contribution in [1.82, 2.24) is 4.90 Å². The summed E-state index contributed by atoms with van der Waals surface area (Å²) in [5.74, 6) is 0.883.